The topological polar surface area (TPSA) is 49.4 Å². The molecule has 1 heterocycles. The maximum Gasteiger partial charge on any atom is 0.389 e. The maximum atomic E-state index is 12.7. The fourth-order valence-electron chi connectivity index (χ4n) is 3.31. The Balaban J connectivity index is 2.09. The van der Waals surface area contributed by atoms with Gasteiger partial charge in [0.2, 0.25) is 11.8 Å². The monoisotopic (exact) mass is 306 g/mol. The van der Waals surface area contributed by atoms with Crippen LogP contribution < -0.4 is 5.32 Å². The first kappa shape index (κ1) is 16.1. The highest BCUT2D eigenvalue weighted by Crippen LogP contribution is 2.34. The summed E-state index contributed by atoms with van der Waals surface area (Å²) in [5, 5.41) is 2.82. The molecule has 1 unspecified atom stereocenters. The molecule has 1 atom stereocenters. The summed E-state index contributed by atoms with van der Waals surface area (Å²) in [6, 6.07) is -0.356. The van der Waals surface area contributed by atoms with E-state index in [1.54, 1.807) is 6.92 Å². The van der Waals surface area contributed by atoms with Crippen LogP contribution in [0.2, 0.25) is 0 Å². The molecule has 120 valence electrons. The van der Waals surface area contributed by atoms with Crippen LogP contribution in [0.5, 0.6) is 0 Å². The van der Waals surface area contributed by atoms with Gasteiger partial charge in [0, 0.05) is 25.4 Å². The first-order valence-corrected chi connectivity index (χ1v) is 7.42. The minimum atomic E-state index is -4.21. The van der Waals surface area contributed by atoms with Gasteiger partial charge in [-0.15, -0.1) is 0 Å². The van der Waals surface area contributed by atoms with E-state index in [0.29, 0.717) is 12.8 Å². The Bertz CT molecular complexity index is 417. The van der Waals surface area contributed by atoms with E-state index in [-0.39, 0.29) is 37.2 Å². The van der Waals surface area contributed by atoms with Gasteiger partial charge in [-0.3, -0.25) is 9.59 Å². The number of rotatable bonds is 3. The van der Waals surface area contributed by atoms with E-state index >= 15 is 0 Å². The smallest absolute Gasteiger partial charge is 0.342 e. The molecule has 1 N–H and O–H groups in total. The Morgan fingerprint density at radius 1 is 1.29 bits per heavy atom. The predicted molar refractivity (Wildman–Crippen MR) is 70.4 cm³/mol. The average Bonchev–Trinajstić information content (AvgIpc) is 2.78. The second kappa shape index (κ2) is 5.85. The van der Waals surface area contributed by atoms with E-state index < -0.39 is 18.1 Å². The lowest BCUT2D eigenvalue weighted by molar-refractivity contribution is -0.144. The molecular formula is C14H21F3N2O2. The number of alkyl halides is 3. The zero-order valence-corrected chi connectivity index (χ0v) is 12.1. The Labute approximate surface area is 122 Å². The summed E-state index contributed by atoms with van der Waals surface area (Å²) in [6.45, 7) is 1.77. The summed E-state index contributed by atoms with van der Waals surface area (Å²) >= 11 is 0. The molecule has 21 heavy (non-hydrogen) atoms. The van der Waals surface area contributed by atoms with Crippen LogP contribution in [-0.2, 0) is 9.59 Å². The highest BCUT2D eigenvalue weighted by Gasteiger charge is 2.47. The Morgan fingerprint density at radius 3 is 2.48 bits per heavy atom. The van der Waals surface area contributed by atoms with Crippen LogP contribution in [0.25, 0.3) is 0 Å². The highest BCUT2D eigenvalue weighted by molar-refractivity contribution is 5.94. The van der Waals surface area contributed by atoms with Gasteiger partial charge in [-0.25, -0.2) is 0 Å². The number of halogens is 3. The van der Waals surface area contributed by atoms with Crippen LogP contribution in [0, 0.1) is 0 Å². The van der Waals surface area contributed by atoms with Crippen molar-refractivity contribution in [2.75, 3.05) is 6.54 Å². The number of amides is 2. The summed E-state index contributed by atoms with van der Waals surface area (Å²) < 4.78 is 36.8. The number of hydrogen-bond donors (Lipinski definition) is 1. The van der Waals surface area contributed by atoms with Gasteiger partial charge in [-0.2, -0.15) is 13.2 Å². The van der Waals surface area contributed by atoms with Crippen LogP contribution in [0.1, 0.15) is 51.9 Å². The summed E-state index contributed by atoms with van der Waals surface area (Å²) in [4.78, 5) is 26.1. The Kier molecular flexibility index (Phi) is 4.49. The van der Waals surface area contributed by atoms with Gasteiger partial charge >= 0.3 is 6.18 Å². The van der Waals surface area contributed by atoms with Crippen molar-refractivity contribution in [1.82, 2.24) is 10.2 Å². The van der Waals surface area contributed by atoms with E-state index in [0.717, 1.165) is 12.8 Å². The van der Waals surface area contributed by atoms with Crippen LogP contribution in [0.15, 0.2) is 0 Å². The van der Waals surface area contributed by atoms with Crippen molar-refractivity contribution in [3.8, 4) is 0 Å². The van der Waals surface area contributed by atoms with Gasteiger partial charge in [0.05, 0.1) is 0 Å². The van der Waals surface area contributed by atoms with Gasteiger partial charge < -0.3 is 10.2 Å². The van der Waals surface area contributed by atoms with E-state index in [9.17, 15) is 22.8 Å². The predicted octanol–water partition coefficient (Wildman–Crippen LogP) is 2.38. The fraction of sp³-hybridized carbons (Fsp3) is 0.857. The molecule has 1 aliphatic carbocycles. The minimum absolute atomic E-state index is 0.0518. The van der Waals surface area contributed by atoms with Gasteiger partial charge in [0.25, 0.3) is 0 Å². The number of hydrogen-bond acceptors (Lipinski definition) is 2. The van der Waals surface area contributed by atoms with Crippen molar-refractivity contribution in [2.45, 2.75) is 69.6 Å². The molecule has 0 bridgehead atoms. The average molecular weight is 306 g/mol. The van der Waals surface area contributed by atoms with E-state index in [1.807, 2.05) is 0 Å². The van der Waals surface area contributed by atoms with Gasteiger partial charge in [0.1, 0.15) is 5.54 Å². The van der Waals surface area contributed by atoms with Crippen molar-refractivity contribution in [3.63, 3.8) is 0 Å². The molecule has 2 amide bonds. The number of carbonyl (C=O) groups excluding carboxylic acids is 2. The molecule has 1 saturated carbocycles. The third kappa shape index (κ3) is 3.68. The third-order valence-electron chi connectivity index (χ3n) is 4.38. The normalized spacial score (nSPS) is 26.1. The maximum absolute atomic E-state index is 12.7. The van der Waals surface area contributed by atoms with E-state index in [1.165, 1.54) is 4.90 Å². The molecule has 0 radical (unpaired) electrons. The first-order chi connectivity index (χ1) is 9.73. The molecule has 1 saturated heterocycles. The van der Waals surface area contributed by atoms with Crippen LogP contribution >= 0.6 is 0 Å². The van der Waals surface area contributed by atoms with E-state index in [2.05, 4.69) is 5.32 Å². The molecule has 1 aliphatic heterocycles. The zero-order chi connectivity index (χ0) is 15.7. The molecule has 2 aliphatic rings. The van der Waals surface area contributed by atoms with E-state index in [4.69, 9.17) is 0 Å². The molecule has 4 nitrogen and oxygen atoms in total. The van der Waals surface area contributed by atoms with Gasteiger partial charge in [-0.05, 0) is 26.2 Å². The Hall–Kier alpha value is -1.27. The quantitative estimate of drug-likeness (QED) is 0.870. The first-order valence-electron chi connectivity index (χ1n) is 7.42. The molecular weight excluding hydrogens is 285 g/mol. The van der Waals surface area contributed by atoms with Gasteiger partial charge in [-0.1, -0.05) is 12.8 Å². The highest BCUT2D eigenvalue weighted by atomic mass is 19.4. The summed E-state index contributed by atoms with van der Waals surface area (Å²) in [5.74, 6) is -0.392. The van der Waals surface area contributed by atoms with Crippen molar-refractivity contribution in [2.24, 2.45) is 0 Å². The second-order valence-electron chi connectivity index (χ2n) is 6.11. The summed E-state index contributed by atoms with van der Waals surface area (Å²) in [7, 11) is 0. The molecule has 0 aromatic rings. The Morgan fingerprint density at radius 2 is 1.90 bits per heavy atom. The molecule has 0 aromatic heterocycles. The standard InChI is InChI=1S/C14H21F3N2O2/c1-10-9-11(20)18-13(5-2-3-6-13)12(21)19(10)8-4-7-14(15,16)17/h10H,2-9H2,1H3,(H,18,20). The van der Waals surface area contributed by atoms with Crippen molar-refractivity contribution in [1.29, 1.82) is 0 Å². The zero-order valence-electron chi connectivity index (χ0n) is 12.1. The number of carbonyl (C=O) groups is 2. The minimum Gasteiger partial charge on any atom is -0.342 e. The van der Waals surface area contributed by atoms with Crippen molar-refractivity contribution >= 4 is 11.8 Å². The van der Waals surface area contributed by atoms with Crippen molar-refractivity contribution in [3.05, 3.63) is 0 Å². The van der Waals surface area contributed by atoms with Crippen LogP contribution in [-0.4, -0.2) is 41.0 Å². The number of nitrogens with zero attached hydrogens (tertiary/aromatic N) is 1. The second-order valence-corrected chi connectivity index (χ2v) is 6.11. The largest absolute Gasteiger partial charge is 0.389 e. The molecule has 1 spiro atoms. The molecule has 0 aromatic carbocycles. The lowest BCUT2D eigenvalue weighted by Gasteiger charge is -2.34. The molecule has 2 fully saturated rings. The van der Waals surface area contributed by atoms with Crippen LogP contribution in [0.3, 0.4) is 0 Å². The lowest BCUT2D eigenvalue weighted by atomic mass is 9.95. The SMILES string of the molecule is CC1CC(=O)NC2(CCCC2)C(=O)N1CCCC(F)(F)F. The molecule has 2 rings (SSSR count). The summed E-state index contributed by atoms with van der Waals surface area (Å²) in [5.41, 5.74) is -0.875. The number of nitrogens with one attached hydrogen (secondary N) is 1. The van der Waals surface area contributed by atoms with Crippen molar-refractivity contribution < 1.29 is 22.8 Å². The third-order valence-corrected chi connectivity index (χ3v) is 4.38. The summed E-state index contributed by atoms with van der Waals surface area (Å²) in [6.07, 6.45) is -2.20. The fourth-order valence-corrected chi connectivity index (χ4v) is 3.31. The molecule has 7 heteroatoms. The lowest BCUT2D eigenvalue weighted by Crippen LogP contribution is -2.56. The van der Waals surface area contributed by atoms with Crippen LogP contribution in [0.4, 0.5) is 13.2 Å². The van der Waals surface area contributed by atoms with Gasteiger partial charge in [0.15, 0.2) is 0 Å².